The fraction of sp³-hybridized carbons (Fsp3) is 0.483. The smallest absolute Gasteiger partial charge is 0.291 e. The van der Waals surface area contributed by atoms with Crippen LogP contribution in [-0.4, -0.2) is 58.8 Å². The van der Waals surface area contributed by atoms with E-state index >= 15 is 0 Å². The van der Waals surface area contributed by atoms with Gasteiger partial charge in [-0.3, -0.25) is 4.79 Å². The Bertz CT molecular complexity index is 1460. The van der Waals surface area contributed by atoms with Crippen LogP contribution in [0.4, 0.5) is 4.39 Å². The van der Waals surface area contributed by atoms with Crippen molar-refractivity contribution in [1.29, 1.82) is 0 Å². The fourth-order valence-corrected chi connectivity index (χ4v) is 6.82. The zero-order chi connectivity index (χ0) is 28.5. The second-order valence-electron chi connectivity index (χ2n) is 10.7. The average Bonchev–Trinajstić information content (AvgIpc) is 3.59. The molecule has 3 aromatic rings. The number of amides is 1. The van der Waals surface area contributed by atoms with Gasteiger partial charge in [-0.2, -0.15) is 4.39 Å². The number of halogens is 3. The molecule has 6 rings (SSSR count). The molecule has 12 heteroatoms. The number of ether oxygens (including phenoxy) is 1. The van der Waals surface area contributed by atoms with Gasteiger partial charge in [0.2, 0.25) is 5.82 Å². The summed E-state index contributed by atoms with van der Waals surface area (Å²) in [5.74, 6) is -0.398. The molecule has 0 spiro atoms. The van der Waals surface area contributed by atoms with E-state index in [0.29, 0.717) is 49.0 Å². The molecule has 2 bridgehead atoms. The van der Waals surface area contributed by atoms with E-state index < -0.39 is 5.82 Å². The van der Waals surface area contributed by atoms with Crippen LogP contribution in [0.5, 0.6) is 5.88 Å². The molecule has 218 valence electrons. The first-order valence-corrected chi connectivity index (χ1v) is 15.7. The first kappa shape index (κ1) is 28.6. The van der Waals surface area contributed by atoms with Gasteiger partial charge in [-0.25, -0.2) is 4.98 Å². The Balaban J connectivity index is 1.21. The van der Waals surface area contributed by atoms with Crippen molar-refractivity contribution >= 4 is 46.0 Å². The highest BCUT2D eigenvalue weighted by Crippen LogP contribution is 2.38. The molecule has 2 atom stereocenters. The third-order valence-electron chi connectivity index (χ3n) is 7.77. The van der Waals surface area contributed by atoms with Crippen LogP contribution < -0.4 is 15.4 Å². The lowest BCUT2D eigenvalue weighted by atomic mass is 9.87. The largest absolute Gasteiger partial charge is 0.473 e. The monoisotopic (exact) mass is 619 g/mol. The maximum absolute atomic E-state index is 14.3. The summed E-state index contributed by atoms with van der Waals surface area (Å²) in [5.41, 5.74) is 3.59. The molecule has 2 fully saturated rings. The molecule has 2 aliphatic heterocycles. The predicted molar refractivity (Wildman–Crippen MR) is 157 cm³/mol. The molecule has 2 unspecified atom stereocenters. The van der Waals surface area contributed by atoms with E-state index in [2.05, 4.69) is 15.8 Å². The number of thiazole rings is 1. The highest BCUT2D eigenvalue weighted by Gasteiger charge is 2.41. The van der Waals surface area contributed by atoms with Gasteiger partial charge in [-0.15, -0.1) is 11.3 Å². The lowest BCUT2D eigenvalue weighted by Crippen LogP contribution is -2.60. The van der Waals surface area contributed by atoms with Gasteiger partial charge in [-0.1, -0.05) is 42.3 Å². The van der Waals surface area contributed by atoms with Gasteiger partial charge in [0.05, 0.1) is 28.4 Å². The molecular formula is C29H32Cl2FN5O3S. The Hall–Kier alpha value is -2.50. The van der Waals surface area contributed by atoms with Crippen molar-refractivity contribution < 1.29 is 18.4 Å². The van der Waals surface area contributed by atoms with Gasteiger partial charge in [0, 0.05) is 49.1 Å². The summed E-state index contributed by atoms with van der Waals surface area (Å²) >= 11 is 14.4. The lowest BCUT2D eigenvalue weighted by molar-refractivity contribution is -0.128. The Morgan fingerprint density at radius 2 is 2.15 bits per heavy atom. The van der Waals surface area contributed by atoms with Gasteiger partial charge in [0.15, 0.2) is 5.76 Å². The fourth-order valence-electron chi connectivity index (χ4n) is 5.52. The number of piperazine rings is 1. The van der Waals surface area contributed by atoms with Gasteiger partial charge in [0.25, 0.3) is 11.8 Å². The summed E-state index contributed by atoms with van der Waals surface area (Å²) in [6.07, 6.45) is 4.42. The second kappa shape index (κ2) is 12.4. The molecule has 4 heterocycles. The summed E-state index contributed by atoms with van der Waals surface area (Å²) in [4.78, 5) is 21.2. The number of aryl methyl sites for hydroxylation is 2. The van der Waals surface area contributed by atoms with Crippen LogP contribution in [0, 0.1) is 5.82 Å². The van der Waals surface area contributed by atoms with Crippen molar-refractivity contribution in [2.75, 3.05) is 19.7 Å². The summed E-state index contributed by atoms with van der Waals surface area (Å²) < 4.78 is 24.5. The van der Waals surface area contributed by atoms with Crippen LogP contribution >= 0.6 is 34.5 Å². The van der Waals surface area contributed by atoms with E-state index in [-0.39, 0.29) is 35.7 Å². The first-order valence-electron chi connectivity index (χ1n) is 14.1. The van der Waals surface area contributed by atoms with Crippen LogP contribution in [0.2, 0.25) is 10.0 Å². The predicted octanol–water partition coefficient (Wildman–Crippen LogP) is 5.43. The number of benzene rings is 1. The third kappa shape index (κ3) is 6.17. The number of rotatable bonds is 11. The number of nitrogens with one attached hydrogen (secondary N) is 2. The van der Waals surface area contributed by atoms with E-state index in [1.54, 1.807) is 24.3 Å². The Morgan fingerprint density at radius 1 is 1.29 bits per heavy atom. The molecular weight excluding hydrogens is 588 g/mol. The van der Waals surface area contributed by atoms with Crippen molar-refractivity contribution in [3.8, 4) is 5.88 Å². The van der Waals surface area contributed by atoms with Crippen LogP contribution in [0.1, 0.15) is 54.6 Å². The first-order chi connectivity index (χ1) is 19.9. The molecule has 1 aromatic carbocycles. The van der Waals surface area contributed by atoms with E-state index in [9.17, 15) is 9.18 Å². The number of hydrogen-bond donors (Lipinski definition) is 2. The molecule has 1 saturated heterocycles. The van der Waals surface area contributed by atoms with Crippen LogP contribution in [0.25, 0.3) is 5.57 Å². The van der Waals surface area contributed by atoms with Crippen LogP contribution in [-0.2, 0) is 24.2 Å². The van der Waals surface area contributed by atoms with Gasteiger partial charge in [0.1, 0.15) is 5.01 Å². The topological polar surface area (TPSA) is 92.5 Å². The number of hydrogen-bond acceptors (Lipinski definition) is 8. The van der Waals surface area contributed by atoms with Gasteiger partial charge >= 0.3 is 0 Å². The Labute approximate surface area is 252 Å². The molecule has 8 nitrogen and oxygen atoms in total. The van der Waals surface area contributed by atoms with Crippen molar-refractivity contribution in [3.63, 3.8) is 0 Å². The van der Waals surface area contributed by atoms with Crippen LogP contribution in [0.3, 0.4) is 0 Å². The quantitative estimate of drug-likeness (QED) is 0.276. The number of carbonyl (C=O) groups is 1. The Kier molecular flexibility index (Phi) is 8.65. The molecule has 2 aromatic heterocycles. The standard InChI is InChI=1S/C29H32Cl2FN5O3S/c1-2-23-26(32)27(36-40-23)39-10-4-6-17-15-41-28(35-17)20-11-18-12-33-13-22(34-18)24(20)29(38)37(19-8-9-19)14-16-5-3-7-21(30)25(16)31/h3,5,7,15,18-19,22,33-34H,2,4,6,8-14H2,1H3. The van der Waals surface area contributed by atoms with E-state index in [0.717, 1.165) is 53.2 Å². The minimum absolute atomic E-state index is 0.0319. The van der Waals surface area contributed by atoms with Gasteiger partial charge < -0.3 is 24.8 Å². The number of fused-ring (bicyclic) bond motifs is 2. The van der Waals surface area contributed by atoms with E-state index in [1.165, 1.54) is 0 Å². The van der Waals surface area contributed by atoms with E-state index in [4.69, 9.17) is 37.4 Å². The zero-order valence-corrected chi connectivity index (χ0v) is 25.0. The molecule has 1 saturated carbocycles. The molecule has 0 radical (unpaired) electrons. The zero-order valence-electron chi connectivity index (χ0n) is 22.7. The highest BCUT2D eigenvalue weighted by atomic mass is 35.5. The van der Waals surface area contributed by atoms with Crippen molar-refractivity contribution in [2.24, 2.45) is 0 Å². The number of nitrogens with zero attached hydrogens (tertiary/aromatic N) is 3. The third-order valence-corrected chi connectivity index (χ3v) is 9.58. The maximum Gasteiger partial charge on any atom is 0.291 e. The summed E-state index contributed by atoms with van der Waals surface area (Å²) in [7, 11) is 0. The second-order valence-corrected chi connectivity index (χ2v) is 12.4. The Morgan fingerprint density at radius 3 is 2.93 bits per heavy atom. The minimum atomic E-state index is -0.531. The number of carbonyl (C=O) groups excluding carboxylic acids is 1. The molecule has 2 N–H and O–H groups in total. The van der Waals surface area contributed by atoms with Crippen molar-refractivity contribution in [2.45, 2.75) is 70.1 Å². The highest BCUT2D eigenvalue weighted by molar-refractivity contribution is 7.10. The maximum atomic E-state index is 14.3. The molecule has 3 aliphatic rings. The summed E-state index contributed by atoms with van der Waals surface area (Å²) in [6, 6.07) is 5.90. The van der Waals surface area contributed by atoms with Crippen LogP contribution in [0.15, 0.2) is 33.7 Å². The average molecular weight is 621 g/mol. The van der Waals surface area contributed by atoms with Crippen molar-refractivity contribution in [1.82, 2.24) is 25.7 Å². The molecule has 1 aliphatic carbocycles. The number of aromatic nitrogens is 2. The molecule has 1 amide bonds. The molecule has 41 heavy (non-hydrogen) atoms. The normalized spacial score (nSPS) is 20.4. The van der Waals surface area contributed by atoms with Crippen molar-refractivity contribution in [3.05, 3.63) is 67.0 Å². The minimum Gasteiger partial charge on any atom is -0.473 e. The lowest BCUT2D eigenvalue weighted by Gasteiger charge is -2.40. The SMILES string of the molecule is CCc1onc(OCCCc2csc(C3=C(C(=O)N(Cc4cccc(Cl)c4Cl)C4CC4)C4CNCC(C3)N4)n2)c1F. The summed E-state index contributed by atoms with van der Waals surface area (Å²) in [6.45, 7) is 4.05. The van der Waals surface area contributed by atoms with E-state index in [1.807, 2.05) is 22.4 Å². The summed E-state index contributed by atoms with van der Waals surface area (Å²) in [5, 5.41) is 14.7. The van der Waals surface area contributed by atoms with Gasteiger partial charge in [-0.05, 0) is 54.5 Å².